The van der Waals surface area contributed by atoms with Crippen molar-refractivity contribution in [2.45, 2.75) is 37.6 Å². The van der Waals surface area contributed by atoms with Gasteiger partial charge in [0.25, 0.3) is 8.32 Å². The Morgan fingerprint density at radius 2 is 1.23 bits per heavy atom. The van der Waals surface area contributed by atoms with Gasteiger partial charge in [0.2, 0.25) is 0 Å². The second kappa shape index (κ2) is 12.5. The normalized spacial score (nSPS) is 20.3. The fourth-order valence-electron chi connectivity index (χ4n) is 5.50. The second-order valence-corrected chi connectivity index (χ2v) is 13.5. The molecule has 0 aromatic heterocycles. The van der Waals surface area contributed by atoms with Crippen LogP contribution in [0.4, 0.5) is 0 Å². The van der Waals surface area contributed by atoms with E-state index in [1.807, 2.05) is 84.9 Å². The molecule has 5 nitrogen and oxygen atoms in total. The van der Waals surface area contributed by atoms with Gasteiger partial charge in [-0.15, -0.1) is 0 Å². The molecule has 1 fully saturated rings. The van der Waals surface area contributed by atoms with Gasteiger partial charge in [0, 0.05) is 6.42 Å². The number of carbonyl (C=O) groups excluding carboxylic acids is 1. The number of aliphatic hydroxyl groups is 2. The number of aryl methyl sites for hydroxylation is 1. The Hall–Kier alpha value is -3.55. The summed E-state index contributed by atoms with van der Waals surface area (Å²) in [5.41, 5.74) is 1.07. The summed E-state index contributed by atoms with van der Waals surface area (Å²) in [5, 5.41) is 25.0. The van der Waals surface area contributed by atoms with Crippen molar-refractivity contribution in [3.8, 4) is 0 Å². The quantitative estimate of drug-likeness (QED) is 0.185. The third-order valence-electron chi connectivity index (χ3n) is 7.49. The van der Waals surface area contributed by atoms with E-state index >= 15 is 0 Å². The highest BCUT2D eigenvalue weighted by Gasteiger charge is 2.45. The summed E-state index contributed by atoms with van der Waals surface area (Å²) in [4.78, 5) is 13.0. The van der Waals surface area contributed by atoms with Gasteiger partial charge in [-0.3, -0.25) is 4.79 Å². The molecule has 0 saturated carbocycles. The predicted molar refractivity (Wildman–Crippen MR) is 155 cm³/mol. The van der Waals surface area contributed by atoms with Crippen molar-refractivity contribution in [1.82, 2.24) is 0 Å². The van der Waals surface area contributed by atoms with E-state index in [0.717, 1.165) is 21.1 Å². The minimum Gasteiger partial charge on any atom is -0.460 e. The lowest BCUT2D eigenvalue weighted by Crippen LogP contribution is -2.70. The Labute approximate surface area is 230 Å². The highest BCUT2D eigenvalue weighted by atomic mass is 28.4. The Balaban J connectivity index is 1.35. The number of aliphatic hydroxyl groups excluding tert-OH is 2. The zero-order valence-corrected chi connectivity index (χ0v) is 22.8. The standard InChI is InChI=1S/C33H34O5Si/c34-30(22-21-25-13-5-1-6-14-25)32-31(35)23-26(38-33(32)36)24-37-39(27-15-7-2-8-16-27,28-17-9-3-10-18-28)29-19-11-4-12-20-29/h1-20,26,30-32,34-35H,21-24H2/t26-,30-,31-,32+/m0/s1. The van der Waals surface area contributed by atoms with E-state index < -0.39 is 38.5 Å². The van der Waals surface area contributed by atoms with Crippen molar-refractivity contribution in [1.29, 1.82) is 0 Å². The lowest BCUT2D eigenvalue weighted by molar-refractivity contribution is -0.180. The van der Waals surface area contributed by atoms with E-state index in [2.05, 4.69) is 36.4 Å². The fourth-order valence-corrected chi connectivity index (χ4v) is 9.43. The van der Waals surface area contributed by atoms with Crippen LogP contribution in [0.2, 0.25) is 0 Å². The van der Waals surface area contributed by atoms with Crippen LogP contribution in [-0.2, 0) is 20.4 Å². The van der Waals surface area contributed by atoms with Gasteiger partial charge in [0.1, 0.15) is 12.0 Å². The van der Waals surface area contributed by atoms with Crippen molar-refractivity contribution < 1.29 is 24.2 Å². The molecule has 200 valence electrons. The minimum atomic E-state index is -2.96. The molecule has 1 saturated heterocycles. The van der Waals surface area contributed by atoms with E-state index in [9.17, 15) is 15.0 Å². The molecule has 1 aliphatic rings. The number of hydrogen-bond donors (Lipinski definition) is 2. The van der Waals surface area contributed by atoms with Gasteiger partial charge < -0.3 is 19.4 Å². The minimum absolute atomic E-state index is 0.139. The first kappa shape index (κ1) is 27.0. The highest BCUT2D eigenvalue weighted by molar-refractivity contribution is 7.07. The molecular formula is C33H34O5Si. The first-order chi connectivity index (χ1) is 19.1. The summed E-state index contributed by atoms with van der Waals surface area (Å²) >= 11 is 0. The molecule has 4 atom stereocenters. The van der Waals surface area contributed by atoms with Crippen molar-refractivity contribution in [3.05, 3.63) is 127 Å². The molecule has 6 heteroatoms. The molecule has 4 aromatic rings. The molecule has 0 radical (unpaired) electrons. The average molecular weight is 539 g/mol. The van der Waals surface area contributed by atoms with Crippen LogP contribution in [-0.4, -0.2) is 49.4 Å². The Kier molecular flexibility index (Phi) is 8.69. The summed E-state index contributed by atoms with van der Waals surface area (Å²) in [6.07, 6.45) is -1.42. The maximum atomic E-state index is 13.0. The number of esters is 1. The zero-order chi connectivity index (χ0) is 27.1. The number of cyclic esters (lactones) is 1. The molecule has 1 heterocycles. The Bertz CT molecular complexity index is 1220. The average Bonchev–Trinajstić information content (AvgIpc) is 2.98. The maximum Gasteiger partial charge on any atom is 0.314 e. The van der Waals surface area contributed by atoms with Crippen LogP contribution in [0.25, 0.3) is 0 Å². The van der Waals surface area contributed by atoms with E-state index in [0.29, 0.717) is 12.8 Å². The van der Waals surface area contributed by atoms with Gasteiger partial charge in [0.05, 0.1) is 18.8 Å². The van der Waals surface area contributed by atoms with E-state index in [1.54, 1.807) is 0 Å². The lowest BCUT2D eigenvalue weighted by atomic mass is 9.87. The molecule has 0 amide bonds. The SMILES string of the molecule is O=C1O[C@H](CO[Si](c2ccccc2)(c2ccccc2)c2ccccc2)C[C@H](O)[C@H]1[C@@H](O)CCc1ccccc1. The largest absolute Gasteiger partial charge is 0.460 e. The molecule has 1 aliphatic heterocycles. The zero-order valence-electron chi connectivity index (χ0n) is 21.8. The van der Waals surface area contributed by atoms with Gasteiger partial charge in [-0.05, 0) is 34.0 Å². The summed E-state index contributed by atoms with van der Waals surface area (Å²) in [6.45, 7) is 0.139. The number of rotatable bonds is 10. The third kappa shape index (κ3) is 6.05. The lowest BCUT2D eigenvalue weighted by Gasteiger charge is -2.38. The topological polar surface area (TPSA) is 76.0 Å². The maximum absolute atomic E-state index is 13.0. The van der Waals surface area contributed by atoms with Crippen LogP contribution in [0, 0.1) is 5.92 Å². The van der Waals surface area contributed by atoms with Crippen LogP contribution in [0.5, 0.6) is 0 Å². The van der Waals surface area contributed by atoms with Crippen molar-refractivity contribution in [2.75, 3.05) is 6.61 Å². The van der Waals surface area contributed by atoms with Gasteiger partial charge in [-0.25, -0.2) is 0 Å². The van der Waals surface area contributed by atoms with E-state index in [1.165, 1.54) is 0 Å². The number of hydrogen-bond acceptors (Lipinski definition) is 5. The summed E-state index contributed by atoms with van der Waals surface area (Å²) < 4.78 is 12.7. The van der Waals surface area contributed by atoms with E-state index in [4.69, 9.17) is 9.16 Å². The highest BCUT2D eigenvalue weighted by Crippen LogP contribution is 2.27. The van der Waals surface area contributed by atoms with Crippen LogP contribution in [0.3, 0.4) is 0 Å². The molecule has 0 bridgehead atoms. The molecule has 0 unspecified atom stereocenters. The van der Waals surface area contributed by atoms with Gasteiger partial charge in [0.15, 0.2) is 0 Å². The molecule has 0 spiro atoms. The van der Waals surface area contributed by atoms with Crippen molar-refractivity contribution in [2.24, 2.45) is 5.92 Å². The first-order valence-electron chi connectivity index (χ1n) is 13.5. The van der Waals surface area contributed by atoms with Crippen LogP contribution >= 0.6 is 0 Å². The van der Waals surface area contributed by atoms with Crippen LogP contribution in [0.1, 0.15) is 18.4 Å². The van der Waals surface area contributed by atoms with Gasteiger partial charge >= 0.3 is 5.97 Å². The van der Waals surface area contributed by atoms with Crippen molar-refractivity contribution >= 4 is 29.8 Å². The molecule has 4 aromatic carbocycles. The summed E-state index contributed by atoms with van der Waals surface area (Å²) in [5.74, 6) is -1.54. The van der Waals surface area contributed by atoms with Crippen LogP contribution in [0.15, 0.2) is 121 Å². The summed E-state index contributed by atoms with van der Waals surface area (Å²) in [7, 11) is -2.96. The Morgan fingerprint density at radius 1 is 0.769 bits per heavy atom. The number of carbonyl (C=O) groups is 1. The second-order valence-electron chi connectivity index (χ2n) is 10.1. The Morgan fingerprint density at radius 3 is 1.69 bits per heavy atom. The molecule has 2 N–H and O–H groups in total. The fraction of sp³-hybridized carbons (Fsp3) is 0.242. The van der Waals surface area contributed by atoms with Gasteiger partial charge in [-0.1, -0.05) is 121 Å². The predicted octanol–water partition coefficient (Wildman–Crippen LogP) is 2.96. The molecular weight excluding hydrogens is 504 g/mol. The number of benzene rings is 4. The molecule has 5 rings (SSSR count). The molecule has 39 heavy (non-hydrogen) atoms. The third-order valence-corrected chi connectivity index (χ3v) is 11.5. The smallest absolute Gasteiger partial charge is 0.314 e. The summed E-state index contributed by atoms with van der Waals surface area (Å²) in [6, 6.07) is 40.4. The monoisotopic (exact) mass is 538 g/mol. The van der Waals surface area contributed by atoms with Crippen LogP contribution < -0.4 is 15.6 Å². The number of ether oxygens (including phenoxy) is 1. The van der Waals surface area contributed by atoms with Crippen molar-refractivity contribution in [3.63, 3.8) is 0 Å². The first-order valence-corrected chi connectivity index (χ1v) is 15.4. The van der Waals surface area contributed by atoms with E-state index in [-0.39, 0.29) is 13.0 Å². The molecule has 0 aliphatic carbocycles. The van der Waals surface area contributed by atoms with Gasteiger partial charge in [-0.2, -0.15) is 0 Å².